The first-order valence-electron chi connectivity index (χ1n) is 10.4. The third-order valence-corrected chi connectivity index (χ3v) is 5.90. The fraction of sp³-hybridized carbons (Fsp3) is 0.714. The monoisotopic (exact) mass is 388 g/mol. The van der Waals surface area contributed by atoms with Crippen molar-refractivity contribution in [3.05, 3.63) is 22.8 Å². The van der Waals surface area contributed by atoms with Gasteiger partial charge in [-0.1, -0.05) is 12.8 Å². The number of carbonyl (C=O) groups is 2. The van der Waals surface area contributed by atoms with Crippen LogP contribution in [0.1, 0.15) is 67.2 Å². The lowest BCUT2D eigenvalue weighted by Gasteiger charge is -2.32. The molecule has 2 fully saturated rings. The van der Waals surface area contributed by atoms with E-state index in [1.165, 1.54) is 20.0 Å². The average molecular weight is 389 g/mol. The molecule has 154 valence electrons. The second kappa shape index (κ2) is 9.45. The zero-order valence-electron chi connectivity index (χ0n) is 17.3. The first kappa shape index (κ1) is 20.7. The van der Waals surface area contributed by atoms with E-state index in [2.05, 4.69) is 5.32 Å². The van der Waals surface area contributed by atoms with E-state index in [0.29, 0.717) is 19.0 Å². The van der Waals surface area contributed by atoms with Crippen LogP contribution in [0, 0.1) is 13.8 Å². The molecular weight excluding hydrogens is 356 g/mol. The van der Waals surface area contributed by atoms with Gasteiger partial charge in [0.15, 0.2) is 0 Å². The number of aromatic nitrogens is 2. The zero-order valence-corrected chi connectivity index (χ0v) is 17.3. The Bertz CT molecular complexity index is 693. The van der Waals surface area contributed by atoms with Crippen LogP contribution >= 0.6 is 0 Å². The third kappa shape index (κ3) is 5.07. The topological polar surface area (TPSA) is 84.4 Å². The number of rotatable bonds is 6. The van der Waals surface area contributed by atoms with E-state index in [1.54, 1.807) is 0 Å². The van der Waals surface area contributed by atoms with Crippen molar-refractivity contribution in [3.63, 3.8) is 0 Å². The van der Waals surface area contributed by atoms with Crippen molar-refractivity contribution in [1.82, 2.24) is 20.2 Å². The molecule has 1 aromatic heterocycles. The van der Waals surface area contributed by atoms with E-state index >= 15 is 0 Å². The summed E-state index contributed by atoms with van der Waals surface area (Å²) in [5.74, 6) is 0.988. The van der Waals surface area contributed by atoms with Crippen molar-refractivity contribution in [2.75, 3.05) is 26.8 Å². The highest BCUT2D eigenvalue weighted by Gasteiger charge is 2.27. The van der Waals surface area contributed by atoms with Gasteiger partial charge in [0, 0.05) is 49.1 Å². The standard InChI is InChI=1S/C21H32N4O3/c1-14-18(11-19(26)24-17-8-4-5-9-17)15(2)23-21(22-14)16-7-6-10-25(12-16)20(27)13-28-3/h16-17H,4-13H2,1-3H3,(H,24,26)/t16-/m1/s1. The van der Waals surface area contributed by atoms with Crippen LogP contribution in [0.5, 0.6) is 0 Å². The number of hydrogen-bond donors (Lipinski definition) is 1. The molecule has 0 bridgehead atoms. The van der Waals surface area contributed by atoms with E-state index in [4.69, 9.17) is 14.7 Å². The van der Waals surface area contributed by atoms with Gasteiger partial charge in [-0.15, -0.1) is 0 Å². The molecule has 2 heterocycles. The van der Waals surface area contributed by atoms with Crippen LogP contribution in [0.15, 0.2) is 0 Å². The molecule has 1 N–H and O–H groups in total. The lowest BCUT2D eigenvalue weighted by molar-refractivity contribution is -0.136. The van der Waals surface area contributed by atoms with E-state index in [0.717, 1.165) is 55.0 Å². The predicted octanol–water partition coefficient (Wildman–Crippen LogP) is 2.05. The minimum absolute atomic E-state index is 0.0147. The summed E-state index contributed by atoms with van der Waals surface area (Å²) >= 11 is 0. The van der Waals surface area contributed by atoms with Crippen molar-refractivity contribution in [3.8, 4) is 0 Å². The Morgan fingerprint density at radius 3 is 2.43 bits per heavy atom. The summed E-state index contributed by atoms with van der Waals surface area (Å²) in [5, 5.41) is 3.14. The van der Waals surface area contributed by atoms with Crippen molar-refractivity contribution in [1.29, 1.82) is 0 Å². The summed E-state index contributed by atoms with van der Waals surface area (Å²) in [5.41, 5.74) is 2.65. The van der Waals surface area contributed by atoms with Crippen LogP contribution in [0.25, 0.3) is 0 Å². The summed E-state index contributed by atoms with van der Waals surface area (Å²) in [4.78, 5) is 35.8. The molecule has 1 saturated heterocycles. The van der Waals surface area contributed by atoms with Gasteiger partial charge in [0.1, 0.15) is 12.4 Å². The van der Waals surface area contributed by atoms with Gasteiger partial charge in [0.25, 0.3) is 0 Å². The van der Waals surface area contributed by atoms with Crippen molar-refractivity contribution >= 4 is 11.8 Å². The molecule has 1 atom stereocenters. The Hall–Kier alpha value is -2.02. The molecular formula is C21H32N4O3. The minimum atomic E-state index is 0.0147. The number of ether oxygens (including phenoxy) is 1. The number of piperidine rings is 1. The highest BCUT2D eigenvalue weighted by atomic mass is 16.5. The Morgan fingerprint density at radius 2 is 1.79 bits per heavy atom. The van der Waals surface area contributed by atoms with Crippen LogP contribution in [0.3, 0.4) is 0 Å². The molecule has 2 amide bonds. The first-order valence-corrected chi connectivity index (χ1v) is 10.4. The van der Waals surface area contributed by atoms with Gasteiger partial charge in [-0.2, -0.15) is 0 Å². The van der Waals surface area contributed by atoms with Crippen LogP contribution in [-0.2, 0) is 20.7 Å². The van der Waals surface area contributed by atoms with Gasteiger partial charge >= 0.3 is 0 Å². The molecule has 0 spiro atoms. The first-order chi connectivity index (χ1) is 13.5. The highest BCUT2D eigenvalue weighted by Crippen LogP contribution is 2.26. The Morgan fingerprint density at radius 1 is 1.11 bits per heavy atom. The number of nitrogens with one attached hydrogen (secondary N) is 1. The number of amides is 2. The van der Waals surface area contributed by atoms with Gasteiger partial charge in [-0.3, -0.25) is 9.59 Å². The summed E-state index contributed by atoms with van der Waals surface area (Å²) < 4.78 is 4.98. The molecule has 7 heteroatoms. The number of carbonyl (C=O) groups excluding carboxylic acids is 2. The predicted molar refractivity (Wildman–Crippen MR) is 106 cm³/mol. The molecule has 1 aliphatic carbocycles. The second-order valence-electron chi connectivity index (χ2n) is 8.07. The maximum absolute atomic E-state index is 12.4. The number of nitrogens with zero attached hydrogens (tertiary/aromatic N) is 3. The number of aryl methyl sites for hydroxylation is 2. The number of likely N-dealkylation sites (tertiary alicyclic amines) is 1. The largest absolute Gasteiger partial charge is 0.375 e. The third-order valence-electron chi connectivity index (χ3n) is 5.90. The number of methoxy groups -OCH3 is 1. The van der Waals surface area contributed by atoms with Crippen molar-refractivity contribution in [2.45, 2.75) is 70.8 Å². The molecule has 7 nitrogen and oxygen atoms in total. The van der Waals surface area contributed by atoms with Gasteiger partial charge in [0.2, 0.25) is 11.8 Å². The quantitative estimate of drug-likeness (QED) is 0.806. The van der Waals surface area contributed by atoms with E-state index < -0.39 is 0 Å². The summed E-state index contributed by atoms with van der Waals surface area (Å²) in [6, 6.07) is 0.325. The molecule has 1 aromatic rings. The van der Waals surface area contributed by atoms with E-state index in [1.807, 2.05) is 18.7 Å². The fourth-order valence-corrected chi connectivity index (χ4v) is 4.34. The van der Waals surface area contributed by atoms with Crippen molar-refractivity contribution in [2.24, 2.45) is 0 Å². The van der Waals surface area contributed by atoms with E-state index in [9.17, 15) is 9.59 Å². The average Bonchev–Trinajstić information content (AvgIpc) is 3.18. The number of hydrogen-bond acceptors (Lipinski definition) is 5. The second-order valence-corrected chi connectivity index (χ2v) is 8.07. The molecule has 28 heavy (non-hydrogen) atoms. The van der Waals surface area contributed by atoms with E-state index in [-0.39, 0.29) is 24.3 Å². The maximum atomic E-state index is 12.4. The fourth-order valence-electron chi connectivity index (χ4n) is 4.34. The Balaban J connectivity index is 1.67. The van der Waals surface area contributed by atoms with Gasteiger partial charge in [-0.25, -0.2) is 9.97 Å². The zero-order chi connectivity index (χ0) is 20.1. The molecule has 3 rings (SSSR count). The molecule has 0 aromatic carbocycles. The lowest BCUT2D eigenvalue weighted by atomic mass is 9.96. The van der Waals surface area contributed by atoms with Crippen LogP contribution < -0.4 is 5.32 Å². The Labute approximate surface area is 167 Å². The molecule has 0 radical (unpaired) electrons. The maximum Gasteiger partial charge on any atom is 0.248 e. The van der Waals surface area contributed by atoms with Crippen molar-refractivity contribution < 1.29 is 14.3 Å². The summed E-state index contributed by atoms with van der Waals surface area (Å²) in [6.45, 7) is 5.40. The molecule has 1 aliphatic heterocycles. The van der Waals surface area contributed by atoms with Gasteiger partial charge in [0.05, 0.1) is 6.42 Å². The smallest absolute Gasteiger partial charge is 0.248 e. The SMILES string of the molecule is COCC(=O)N1CCC[C@@H](c2nc(C)c(CC(=O)NC3CCCC3)c(C)n2)C1. The van der Waals surface area contributed by atoms with Gasteiger partial charge < -0.3 is 15.0 Å². The lowest BCUT2D eigenvalue weighted by Crippen LogP contribution is -2.41. The summed E-state index contributed by atoms with van der Waals surface area (Å²) in [6.07, 6.45) is 6.80. The molecule has 2 aliphatic rings. The van der Waals surface area contributed by atoms with Gasteiger partial charge in [-0.05, 0) is 39.5 Å². The molecule has 1 saturated carbocycles. The van der Waals surface area contributed by atoms with Crippen LogP contribution in [0.4, 0.5) is 0 Å². The normalized spacial score (nSPS) is 20.4. The van der Waals surface area contributed by atoms with Crippen LogP contribution in [-0.4, -0.2) is 59.5 Å². The molecule has 0 unspecified atom stereocenters. The van der Waals surface area contributed by atoms with Crippen LogP contribution in [0.2, 0.25) is 0 Å². The highest BCUT2D eigenvalue weighted by molar-refractivity contribution is 5.79. The Kier molecular flexibility index (Phi) is 6.99. The minimum Gasteiger partial charge on any atom is -0.375 e. The summed E-state index contributed by atoms with van der Waals surface area (Å²) in [7, 11) is 1.54.